The molecular formula is C33H51N3OSi2. The Labute approximate surface area is 240 Å². The number of benzene rings is 2. The number of hydrogen-bond acceptors (Lipinski definition) is 4. The molecule has 2 aromatic carbocycles. The lowest BCUT2D eigenvalue weighted by Gasteiger charge is -2.53. The Morgan fingerprint density at radius 2 is 1.31 bits per heavy atom. The molecule has 2 aliphatic heterocycles. The van der Waals surface area contributed by atoms with Crippen molar-refractivity contribution in [2.75, 3.05) is 26.2 Å². The second-order valence-corrected chi connectivity index (χ2v) is 22.5. The lowest BCUT2D eigenvalue weighted by molar-refractivity contribution is 0.180. The second kappa shape index (κ2) is 11.9. The van der Waals surface area contributed by atoms with Gasteiger partial charge in [0, 0.05) is 32.3 Å². The van der Waals surface area contributed by atoms with Gasteiger partial charge in [0.1, 0.15) is 0 Å². The third-order valence-corrected chi connectivity index (χ3v) is 21.6. The topological polar surface area (TPSA) is 28.1 Å². The summed E-state index contributed by atoms with van der Waals surface area (Å²) in [5, 5.41) is 3.08. The van der Waals surface area contributed by atoms with E-state index in [9.17, 15) is 0 Å². The highest BCUT2D eigenvalue weighted by Gasteiger charge is 2.56. The Balaban J connectivity index is 1.61. The summed E-state index contributed by atoms with van der Waals surface area (Å²) < 4.78 is 10.3. The minimum absolute atomic E-state index is 0.363. The van der Waals surface area contributed by atoms with E-state index < -0.39 is 16.6 Å². The molecule has 6 heteroatoms. The van der Waals surface area contributed by atoms with E-state index in [-0.39, 0.29) is 0 Å². The van der Waals surface area contributed by atoms with Gasteiger partial charge in [0.25, 0.3) is 0 Å². The zero-order chi connectivity index (χ0) is 27.6. The Hall–Kier alpha value is -1.90. The molecule has 1 saturated heterocycles. The number of hydrogen-bond donors (Lipinski definition) is 0. The fourth-order valence-electron chi connectivity index (χ4n) is 8.64. The third kappa shape index (κ3) is 5.06. The highest BCUT2D eigenvalue weighted by molar-refractivity contribution is 7.02. The predicted octanol–water partition coefficient (Wildman–Crippen LogP) is 6.63. The Morgan fingerprint density at radius 1 is 0.744 bits per heavy atom. The van der Waals surface area contributed by atoms with E-state index in [1.165, 1.54) is 48.4 Å². The van der Waals surface area contributed by atoms with Gasteiger partial charge in [-0.15, -0.1) is 0 Å². The molecule has 2 atom stereocenters. The summed E-state index contributed by atoms with van der Waals surface area (Å²) in [6, 6.07) is 23.2. The average Bonchev–Trinajstić information content (AvgIpc) is 3.41. The van der Waals surface area contributed by atoms with Crippen molar-refractivity contribution in [3.63, 3.8) is 0 Å². The molecule has 3 aliphatic rings. The molecule has 5 rings (SSSR count). The number of aliphatic imine (C=N–C) groups is 1. The van der Waals surface area contributed by atoms with Crippen LogP contribution in [0.25, 0.3) is 0 Å². The molecule has 1 aliphatic carbocycles. The van der Waals surface area contributed by atoms with Crippen LogP contribution in [0.3, 0.4) is 0 Å². The van der Waals surface area contributed by atoms with Crippen LogP contribution in [-0.2, 0) is 4.43 Å². The van der Waals surface area contributed by atoms with Gasteiger partial charge in [-0.2, -0.15) is 0 Å². The lowest BCUT2D eigenvalue weighted by atomic mass is 10.2. The summed E-state index contributed by atoms with van der Waals surface area (Å²) >= 11 is 0. The summed E-state index contributed by atoms with van der Waals surface area (Å²) in [7, 11) is -4.36. The normalized spacial score (nSPS) is 22.5. The maximum atomic E-state index is 7.48. The van der Waals surface area contributed by atoms with Gasteiger partial charge in [-0.25, -0.2) is 0 Å². The Bertz CT molecular complexity index is 1040. The molecule has 212 valence electrons. The van der Waals surface area contributed by atoms with Gasteiger partial charge in [-0.1, -0.05) is 102 Å². The zero-order valence-electron chi connectivity index (χ0n) is 25.3. The fraction of sp³-hybridized carbons (Fsp3) is 0.606. The van der Waals surface area contributed by atoms with Crippen molar-refractivity contribution in [3.05, 3.63) is 60.7 Å². The molecule has 2 heterocycles. The monoisotopic (exact) mass is 561 g/mol. The highest BCUT2D eigenvalue weighted by atomic mass is 28.4. The van der Waals surface area contributed by atoms with Crippen molar-refractivity contribution in [2.45, 2.75) is 102 Å². The summed E-state index contributed by atoms with van der Waals surface area (Å²) in [6.45, 7) is 18.9. The first-order chi connectivity index (χ1) is 18.8. The van der Waals surface area contributed by atoms with Crippen molar-refractivity contribution in [1.29, 1.82) is 0 Å². The Morgan fingerprint density at radius 3 is 1.87 bits per heavy atom. The average molecular weight is 562 g/mol. The summed E-state index contributed by atoms with van der Waals surface area (Å²) in [5.41, 5.74) is 2.45. The van der Waals surface area contributed by atoms with Crippen molar-refractivity contribution in [2.24, 2.45) is 4.99 Å². The first-order valence-electron chi connectivity index (χ1n) is 15.7. The van der Waals surface area contributed by atoms with E-state index in [4.69, 9.17) is 9.42 Å². The van der Waals surface area contributed by atoms with E-state index >= 15 is 0 Å². The van der Waals surface area contributed by atoms with Gasteiger partial charge in [-0.05, 0) is 64.6 Å². The minimum Gasteiger partial charge on any atom is -0.413 e. The van der Waals surface area contributed by atoms with Gasteiger partial charge >= 0.3 is 0 Å². The molecule has 39 heavy (non-hydrogen) atoms. The van der Waals surface area contributed by atoms with Crippen LogP contribution < -0.4 is 10.4 Å². The molecule has 0 spiro atoms. The van der Waals surface area contributed by atoms with Crippen LogP contribution in [0, 0.1) is 0 Å². The zero-order valence-corrected chi connectivity index (χ0v) is 27.3. The molecule has 0 N–H and O–H groups in total. The smallest absolute Gasteiger partial charge is 0.226 e. The van der Waals surface area contributed by atoms with Gasteiger partial charge < -0.3 is 13.9 Å². The van der Waals surface area contributed by atoms with Crippen LogP contribution in [0.1, 0.15) is 73.6 Å². The van der Waals surface area contributed by atoms with Gasteiger partial charge in [0.2, 0.25) is 16.6 Å². The molecule has 4 nitrogen and oxygen atoms in total. The van der Waals surface area contributed by atoms with Crippen molar-refractivity contribution >= 4 is 32.9 Å². The van der Waals surface area contributed by atoms with E-state index in [0.29, 0.717) is 28.3 Å². The fourth-order valence-corrected chi connectivity index (χ4v) is 20.2. The Kier molecular flexibility index (Phi) is 8.75. The van der Waals surface area contributed by atoms with E-state index in [1.807, 2.05) is 0 Å². The van der Waals surface area contributed by atoms with E-state index in [1.54, 1.807) is 0 Å². The molecule has 0 radical (unpaired) electrons. The second-order valence-electron chi connectivity index (χ2n) is 13.1. The summed E-state index contributed by atoms with van der Waals surface area (Å²) in [4.78, 5) is 7.84. The molecule has 2 unspecified atom stereocenters. The molecule has 0 bridgehead atoms. The van der Waals surface area contributed by atoms with Crippen molar-refractivity contribution in [1.82, 2.24) is 9.47 Å². The van der Waals surface area contributed by atoms with Crippen LogP contribution >= 0.6 is 0 Å². The molecule has 2 aromatic rings. The van der Waals surface area contributed by atoms with Crippen LogP contribution in [0.5, 0.6) is 0 Å². The van der Waals surface area contributed by atoms with Crippen LogP contribution in [0.2, 0.25) is 22.2 Å². The lowest BCUT2D eigenvalue weighted by Crippen LogP contribution is -2.76. The van der Waals surface area contributed by atoms with E-state index in [0.717, 1.165) is 26.2 Å². The van der Waals surface area contributed by atoms with Gasteiger partial charge in [0.05, 0.1) is 0 Å². The summed E-state index contributed by atoms with van der Waals surface area (Å²) in [5.74, 6) is 1.28. The van der Waals surface area contributed by atoms with Crippen LogP contribution in [-0.4, -0.2) is 64.3 Å². The molecule has 0 aromatic heterocycles. The number of guanidine groups is 1. The van der Waals surface area contributed by atoms with Gasteiger partial charge in [-0.3, -0.25) is 4.99 Å². The van der Waals surface area contributed by atoms with Gasteiger partial charge in [0.15, 0.2) is 5.96 Å². The highest BCUT2D eigenvalue weighted by Crippen LogP contribution is 2.48. The first kappa shape index (κ1) is 28.6. The molecule has 2 fully saturated rings. The van der Waals surface area contributed by atoms with Crippen LogP contribution in [0.4, 0.5) is 0 Å². The minimum atomic E-state index is -2.42. The standard InChI is InChI=1S/C33H51N3OSi2/c1-26(2)39(27(3)4,28(5)6)37-29-19-20-32(25-29)38(30-15-9-7-10-16-30,31-17-11-8-12-18-31)36-24-14-23-35-22-13-21-34-33(35)36/h7-12,15-18,26-29,32H,13-14,19-25H2,1-6H3. The predicted molar refractivity (Wildman–Crippen MR) is 171 cm³/mol. The summed E-state index contributed by atoms with van der Waals surface area (Å²) in [6.07, 6.45) is 6.34. The van der Waals surface area contributed by atoms with Crippen molar-refractivity contribution in [3.8, 4) is 0 Å². The van der Waals surface area contributed by atoms with Crippen molar-refractivity contribution < 1.29 is 4.43 Å². The number of nitrogens with zero attached hydrogens (tertiary/aromatic N) is 3. The number of fused-ring (bicyclic) bond motifs is 1. The molecule has 1 saturated carbocycles. The maximum absolute atomic E-state index is 7.48. The third-order valence-electron chi connectivity index (χ3n) is 10.1. The first-order valence-corrected chi connectivity index (χ1v) is 19.8. The largest absolute Gasteiger partial charge is 0.413 e. The SMILES string of the molecule is CC(C)[Si](OC1CCC([Si](c2ccccc2)(c2ccccc2)N2CCCN3CCCN=C32)C1)(C(C)C)C(C)C. The molecular weight excluding hydrogens is 511 g/mol. The molecule has 0 amide bonds. The number of rotatable bonds is 9. The quantitative estimate of drug-likeness (QED) is 0.322. The van der Waals surface area contributed by atoms with Crippen LogP contribution in [0.15, 0.2) is 65.7 Å². The maximum Gasteiger partial charge on any atom is 0.226 e. The van der Waals surface area contributed by atoms with E-state index in [2.05, 4.69) is 112 Å².